The van der Waals surface area contributed by atoms with Crippen molar-refractivity contribution in [2.24, 2.45) is 40.4 Å². The number of ether oxygens (including phenoxy) is 6. The SMILES string of the molecule is CCN1C[C@@]2(COC)CC[C@H](OC)[C@@]34[C@@H]5C[C@]6(O)[C@H](C(=O)c7ccc(OC)cc7)[C@@H]5[C@@](OC(C)=O)(C[C@H]6OC)[C@@H]([C@H](OC)[C@@H]23)[C@@H]14. The second-order valence-electron chi connectivity index (χ2n) is 14.6. The standard InChI is InChI=1S/C35H49NO9/c1-8-36-17-32(18-40-3)14-13-23(42-5)35-22-15-33(39)24(43-6)16-34(45-19(2)37,27(31(35)36)29(44-7)30(32)35)25(22)26(33)28(38)20-9-11-21(41-4)12-10-20/h9-12,22-27,29-31,39H,8,13-18H2,1-7H3/t22-,23+,24-,25-,26+,27+,29+,30+,31-,32-,33-,34+,35+/m1/s1. The highest BCUT2D eigenvalue weighted by Crippen LogP contribution is 2.81. The van der Waals surface area contributed by atoms with E-state index in [9.17, 15) is 14.7 Å². The van der Waals surface area contributed by atoms with Crippen LogP contribution < -0.4 is 4.74 Å². The van der Waals surface area contributed by atoms with Crippen molar-refractivity contribution in [3.05, 3.63) is 29.8 Å². The zero-order valence-corrected chi connectivity index (χ0v) is 27.6. The Kier molecular flexibility index (Phi) is 7.51. The number of hydrogen-bond acceptors (Lipinski definition) is 10. The van der Waals surface area contributed by atoms with Crippen molar-refractivity contribution in [3.63, 3.8) is 0 Å². The van der Waals surface area contributed by atoms with Crippen molar-refractivity contribution in [3.8, 4) is 5.75 Å². The zero-order chi connectivity index (χ0) is 32.1. The van der Waals surface area contributed by atoms with E-state index in [1.165, 1.54) is 6.92 Å². The third-order valence-electron chi connectivity index (χ3n) is 13.5. The molecule has 1 aliphatic heterocycles. The topological polar surface area (TPSA) is 113 Å². The molecular weight excluding hydrogens is 578 g/mol. The third kappa shape index (κ3) is 3.72. The number of Topliss-reactive ketones (excluding diaryl/α,β-unsaturated/α-hetero) is 1. The van der Waals surface area contributed by atoms with Crippen LogP contribution in [0.4, 0.5) is 0 Å². The number of fused-ring (bicyclic) bond motifs is 2. The largest absolute Gasteiger partial charge is 0.497 e. The van der Waals surface area contributed by atoms with Gasteiger partial charge in [0.1, 0.15) is 17.0 Å². The third-order valence-corrected chi connectivity index (χ3v) is 13.5. The van der Waals surface area contributed by atoms with Crippen molar-refractivity contribution in [1.82, 2.24) is 4.90 Å². The van der Waals surface area contributed by atoms with Gasteiger partial charge in [0, 0.05) is 88.5 Å². The van der Waals surface area contributed by atoms with E-state index >= 15 is 0 Å². The van der Waals surface area contributed by atoms with Gasteiger partial charge in [-0.05, 0) is 56.0 Å². The molecule has 13 atom stereocenters. The second-order valence-corrected chi connectivity index (χ2v) is 14.6. The van der Waals surface area contributed by atoms with Crippen LogP contribution in [-0.2, 0) is 28.5 Å². The summed E-state index contributed by atoms with van der Waals surface area (Å²) in [6, 6.07) is 7.02. The molecule has 10 heteroatoms. The van der Waals surface area contributed by atoms with E-state index in [1.54, 1.807) is 59.8 Å². The lowest BCUT2D eigenvalue weighted by Crippen LogP contribution is -2.77. The van der Waals surface area contributed by atoms with Gasteiger partial charge in [0.2, 0.25) is 0 Å². The number of nitrogens with zero attached hydrogens (tertiary/aromatic N) is 1. The average molecular weight is 628 g/mol. The predicted octanol–water partition coefficient (Wildman–Crippen LogP) is 2.99. The molecule has 1 aromatic carbocycles. The fraction of sp³-hybridized carbons (Fsp3) is 0.771. The number of piperidine rings is 1. The molecule has 7 rings (SSSR count). The van der Waals surface area contributed by atoms with Crippen LogP contribution >= 0.6 is 0 Å². The van der Waals surface area contributed by atoms with Gasteiger partial charge in [0.15, 0.2) is 5.78 Å². The van der Waals surface area contributed by atoms with Gasteiger partial charge in [-0.25, -0.2) is 0 Å². The number of methoxy groups -OCH3 is 5. The summed E-state index contributed by atoms with van der Waals surface area (Å²) in [4.78, 5) is 30.7. The average Bonchev–Trinajstić information content (AvgIpc) is 3.43. The van der Waals surface area contributed by atoms with E-state index in [2.05, 4.69) is 11.8 Å². The van der Waals surface area contributed by atoms with Gasteiger partial charge in [-0.3, -0.25) is 14.5 Å². The van der Waals surface area contributed by atoms with Crippen molar-refractivity contribution in [2.75, 3.05) is 55.2 Å². The van der Waals surface area contributed by atoms with Gasteiger partial charge < -0.3 is 33.5 Å². The molecular formula is C35H49NO9. The van der Waals surface area contributed by atoms with Crippen molar-refractivity contribution in [1.29, 1.82) is 0 Å². The maximum atomic E-state index is 14.8. The molecule has 45 heavy (non-hydrogen) atoms. The molecule has 5 aliphatic carbocycles. The van der Waals surface area contributed by atoms with Crippen LogP contribution in [0.25, 0.3) is 0 Å². The summed E-state index contributed by atoms with van der Waals surface area (Å²) in [7, 11) is 8.52. The number of ketones is 1. The molecule has 6 fully saturated rings. The summed E-state index contributed by atoms with van der Waals surface area (Å²) in [5.74, 6) is -1.66. The van der Waals surface area contributed by atoms with Gasteiger partial charge in [-0.2, -0.15) is 0 Å². The lowest BCUT2D eigenvalue weighted by molar-refractivity contribution is -0.277. The fourth-order valence-corrected chi connectivity index (χ4v) is 12.7. The first kappa shape index (κ1) is 31.5. The molecule has 1 saturated heterocycles. The Hall–Kier alpha value is -2.08. The van der Waals surface area contributed by atoms with Crippen LogP contribution in [0.5, 0.6) is 5.75 Å². The van der Waals surface area contributed by atoms with Crippen molar-refractivity contribution < 1.29 is 43.1 Å². The first-order valence-electron chi connectivity index (χ1n) is 16.5. The van der Waals surface area contributed by atoms with Crippen LogP contribution in [-0.4, -0.2) is 113 Å². The van der Waals surface area contributed by atoms with E-state index in [0.29, 0.717) is 30.8 Å². The number of carbonyl (C=O) groups is 2. The summed E-state index contributed by atoms with van der Waals surface area (Å²) < 4.78 is 37.3. The van der Waals surface area contributed by atoms with Gasteiger partial charge in [0.25, 0.3) is 0 Å². The van der Waals surface area contributed by atoms with Gasteiger partial charge in [-0.15, -0.1) is 0 Å². The zero-order valence-electron chi connectivity index (χ0n) is 27.6. The molecule has 0 radical (unpaired) electrons. The quantitative estimate of drug-likeness (QED) is 0.307. The van der Waals surface area contributed by atoms with Crippen molar-refractivity contribution in [2.45, 2.75) is 75.1 Å². The smallest absolute Gasteiger partial charge is 0.303 e. The van der Waals surface area contributed by atoms with Crippen LogP contribution in [0.1, 0.15) is 49.9 Å². The molecule has 0 aromatic heterocycles. The number of rotatable bonds is 10. The number of esters is 1. The summed E-state index contributed by atoms with van der Waals surface area (Å²) in [6.45, 7) is 5.86. The molecule has 5 saturated carbocycles. The highest BCUT2D eigenvalue weighted by Gasteiger charge is 2.89. The van der Waals surface area contributed by atoms with Gasteiger partial charge in [-0.1, -0.05) is 6.92 Å². The lowest BCUT2D eigenvalue weighted by Gasteiger charge is -2.69. The number of likely N-dealkylation sites (tertiary alicyclic amines) is 1. The number of benzene rings is 1. The van der Waals surface area contributed by atoms with E-state index in [0.717, 1.165) is 25.9 Å². The Morgan fingerprint density at radius 3 is 2.27 bits per heavy atom. The highest BCUT2D eigenvalue weighted by atomic mass is 16.6. The van der Waals surface area contributed by atoms with E-state index in [-0.39, 0.29) is 47.2 Å². The summed E-state index contributed by atoms with van der Waals surface area (Å²) >= 11 is 0. The van der Waals surface area contributed by atoms with Crippen LogP contribution in [0.3, 0.4) is 0 Å². The van der Waals surface area contributed by atoms with Crippen molar-refractivity contribution >= 4 is 11.8 Å². The molecule has 1 spiro atoms. The van der Waals surface area contributed by atoms with Crippen LogP contribution in [0, 0.1) is 40.4 Å². The molecule has 248 valence electrons. The summed E-state index contributed by atoms with van der Waals surface area (Å²) in [5.41, 5.74) is -2.76. The van der Waals surface area contributed by atoms with Gasteiger partial charge >= 0.3 is 5.97 Å². The first-order chi connectivity index (χ1) is 21.6. The molecule has 6 aliphatic rings. The molecule has 0 unspecified atom stereocenters. The minimum Gasteiger partial charge on any atom is -0.497 e. The minimum atomic E-state index is -1.46. The maximum Gasteiger partial charge on any atom is 0.303 e. The molecule has 1 N–H and O–H groups in total. The Labute approximate surface area is 266 Å². The molecule has 7 bridgehead atoms. The Balaban J connectivity index is 1.52. The molecule has 1 aromatic rings. The van der Waals surface area contributed by atoms with Crippen LogP contribution in [0.2, 0.25) is 0 Å². The predicted molar refractivity (Wildman–Crippen MR) is 163 cm³/mol. The molecule has 0 amide bonds. The number of carbonyl (C=O) groups excluding carboxylic acids is 2. The maximum absolute atomic E-state index is 14.8. The molecule has 1 heterocycles. The number of hydrogen-bond donors (Lipinski definition) is 1. The molecule has 10 nitrogen and oxygen atoms in total. The van der Waals surface area contributed by atoms with E-state index in [4.69, 9.17) is 28.4 Å². The summed E-state index contributed by atoms with van der Waals surface area (Å²) in [6.07, 6.45) is 1.28. The number of aliphatic hydroxyl groups is 1. The van der Waals surface area contributed by atoms with Crippen LogP contribution in [0.15, 0.2) is 24.3 Å². The fourth-order valence-electron chi connectivity index (χ4n) is 12.7. The summed E-state index contributed by atoms with van der Waals surface area (Å²) in [5, 5.41) is 12.9. The second kappa shape index (κ2) is 10.7. The van der Waals surface area contributed by atoms with E-state index in [1.807, 2.05) is 0 Å². The Bertz CT molecular complexity index is 1340. The normalized spacial score (nSPS) is 47.4. The first-order valence-corrected chi connectivity index (χ1v) is 16.5. The Morgan fingerprint density at radius 2 is 1.69 bits per heavy atom. The highest BCUT2D eigenvalue weighted by molar-refractivity contribution is 5.99. The lowest BCUT2D eigenvalue weighted by atomic mass is 9.42. The van der Waals surface area contributed by atoms with Gasteiger partial charge in [0.05, 0.1) is 37.9 Å². The van der Waals surface area contributed by atoms with E-state index < -0.39 is 40.5 Å². The Morgan fingerprint density at radius 1 is 0.978 bits per heavy atom. The monoisotopic (exact) mass is 627 g/mol. The minimum absolute atomic E-state index is 0.0227.